The third-order valence-corrected chi connectivity index (χ3v) is 2.80. The van der Waals surface area contributed by atoms with E-state index in [-0.39, 0.29) is 12.3 Å². The zero-order chi connectivity index (χ0) is 13.1. The van der Waals surface area contributed by atoms with Crippen molar-refractivity contribution >= 4 is 12.1 Å². The molecule has 1 aromatic rings. The molecule has 0 saturated heterocycles. The Labute approximate surface area is 104 Å². The molecule has 1 amide bonds. The Morgan fingerprint density at radius 3 is 3.06 bits per heavy atom. The van der Waals surface area contributed by atoms with Crippen molar-refractivity contribution in [3.63, 3.8) is 0 Å². The molecule has 0 bridgehead atoms. The summed E-state index contributed by atoms with van der Waals surface area (Å²) >= 11 is 0. The number of carbonyl (C=O) groups excluding carboxylic acids is 1. The van der Waals surface area contributed by atoms with E-state index in [1.807, 2.05) is 0 Å². The number of H-pyrrole nitrogens is 1. The lowest BCUT2D eigenvalue weighted by Crippen LogP contribution is -2.36. The Kier molecular flexibility index (Phi) is 3.36. The Morgan fingerprint density at radius 2 is 2.39 bits per heavy atom. The number of amides is 1. The van der Waals surface area contributed by atoms with Crippen molar-refractivity contribution in [3.8, 4) is 0 Å². The molecule has 96 valence electrons. The van der Waals surface area contributed by atoms with E-state index in [0.29, 0.717) is 19.5 Å². The molecule has 0 fully saturated rings. The number of aromatic nitrogens is 1. The zero-order valence-corrected chi connectivity index (χ0v) is 9.81. The largest absolute Gasteiger partial charge is 0.477 e. The first kappa shape index (κ1) is 12.2. The van der Waals surface area contributed by atoms with Crippen LogP contribution in [-0.2, 0) is 17.7 Å². The normalized spacial score (nSPS) is 13.9. The summed E-state index contributed by atoms with van der Waals surface area (Å²) in [5.74, 6) is -0.995. The molecular weight excluding hydrogens is 236 g/mol. The van der Waals surface area contributed by atoms with Crippen LogP contribution in [-0.4, -0.2) is 40.2 Å². The van der Waals surface area contributed by atoms with Crippen molar-refractivity contribution in [2.45, 2.75) is 13.0 Å². The van der Waals surface area contributed by atoms with Gasteiger partial charge in [0.05, 0.1) is 6.54 Å². The van der Waals surface area contributed by atoms with E-state index in [1.54, 1.807) is 11.0 Å². The van der Waals surface area contributed by atoms with E-state index >= 15 is 0 Å². The number of carboxylic acids is 1. The molecule has 0 aliphatic carbocycles. The zero-order valence-electron chi connectivity index (χ0n) is 9.81. The van der Waals surface area contributed by atoms with E-state index in [0.717, 1.165) is 11.3 Å². The summed E-state index contributed by atoms with van der Waals surface area (Å²) in [7, 11) is 0. The number of carbonyl (C=O) groups is 2. The van der Waals surface area contributed by atoms with Gasteiger partial charge < -0.3 is 19.7 Å². The van der Waals surface area contributed by atoms with Crippen LogP contribution in [0.2, 0.25) is 0 Å². The average molecular weight is 250 g/mol. The first-order chi connectivity index (χ1) is 8.61. The van der Waals surface area contributed by atoms with E-state index in [1.165, 1.54) is 6.08 Å². The Morgan fingerprint density at radius 1 is 1.61 bits per heavy atom. The van der Waals surface area contributed by atoms with Crippen LogP contribution in [0.4, 0.5) is 4.79 Å². The van der Waals surface area contributed by atoms with Gasteiger partial charge in [-0.1, -0.05) is 12.7 Å². The van der Waals surface area contributed by atoms with Gasteiger partial charge >= 0.3 is 12.1 Å². The second-order valence-corrected chi connectivity index (χ2v) is 4.03. The smallest absolute Gasteiger partial charge is 0.410 e. The maximum absolute atomic E-state index is 11.6. The molecule has 2 rings (SSSR count). The Hall–Kier alpha value is -2.24. The Balaban J connectivity index is 2.07. The molecule has 0 aromatic carbocycles. The second kappa shape index (κ2) is 4.95. The lowest BCUT2D eigenvalue weighted by Gasteiger charge is -2.25. The standard InChI is InChI=1S/C12H14N2O4/c1-2-5-18-12(17)14-4-3-9-8(7-14)6-10(13-9)11(15)16/h2,6,13H,1,3-5,7H2,(H,15,16). The molecule has 1 aliphatic rings. The number of aromatic carboxylic acids is 1. The van der Waals surface area contributed by atoms with Crippen molar-refractivity contribution in [1.29, 1.82) is 0 Å². The average Bonchev–Trinajstić information content (AvgIpc) is 2.78. The van der Waals surface area contributed by atoms with Gasteiger partial charge in [0.1, 0.15) is 12.3 Å². The van der Waals surface area contributed by atoms with Crippen LogP contribution in [0.5, 0.6) is 0 Å². The van der Waals surface area contributed by atoms with Gasteiger partial charge in [-0.25, -0.2) is 9.59 Å². The number of rotatable bonds is 3. The lowest BCUT2D eigenvalue weighted by molar-refractivity contribution is 0.0691. The minimum Gasteiger partial charge on any atom is -0.477 e. The highest BCUT2D eigenvalue weighted by atomic mass is 16.6. The molecule has 0 spiro atoms. The fourth-order valence-electron chi connectivity index (χ4n) is 1.93. The molecular formula is C12H14N2O4. The number of ether oxygens (including phenoxy) is 1. The van der Waals surface area contributed by atoms with E-state index in [2.05, 4.69) is 11.6 Å². The maximum atomic E-state index is 11.6. The van der Waals surface area contributed by atoms with Gasteiger partial charge in [-0.2, -0.15) is 0 Å². The van der Waals surface area contributed by atoms with Gasteiger partial charge in [-0.15, -0.1) is 0 Å². The monoisotopic (exact) mass is 250 g/mol. The van der Waals surface area contributed by atoms with Crippen LogP contribution in [0.15, 0.2) is 18.7 Å². The molecule has 0 radical (unpaired) electrons. The molecule has 6 nitrogen and oxygen atoms in total. The van der Waals surface area contributed by atoms with E-state index < -0.39 is 12.1 Å². The number of carboxylic acid groups (broad SMARTS) is 1. The van der Waals surface area contributed by atoms with Crippen LogP contribution >= 0.6 is 0 Å². The topological polar surface area (TPSA) is 82.6 Å². The molecule has 6 heteroatoms. The summed E-state index contributed by atoms with van der Waals surface area (Å²) in [6, 6.07) is 1.56. The number of nitrogens with zero attached hydrogens (tertiary/aromatic N) is 1. The SMILES string of the molecule is C=CCOC(=O)N1CCc2[nH]c(C(=O)O)cc2C1. The van der Waals surface area contributed by atoms with Crippen LogP contribution in [0, 0.1) is 0 Å². The highest BCUT2D eigenvalue weighted by Crippen LogP contribution is 2.20. The van der Waals surface area contributed by atoms with Gasteiger partial charge in [0.2, 0.25) is 0 Å². The third kappa shape index (κ3) is 2.37. The molecule has 0 atom stereocenters. The lowest BCUT2D eigenvalue weighted by atomic mass is 10.1. The van der Waals surface area contributed by atoms with Crippen LogP contribution in [0.3, 0.4) is 0 Å². The minimum atomic E-state index is -0.995. The van der Waals surface area contributed by atoms with E-state index in [9.17, 15) is 9.59 Å². The van der Waals surface area contributed by atoms with Crippen molar-refractivity contribution < 1.29 is 19.4 Å². The third-order valence-electron chi connectivity index (χ3n) is 2.80. The van der Waals surface area contributed by atoms with Gasteiger partial charge in [0.15, 0.2) is 0 Å². The second-order valence-electron chi connectivity index (χ2n) is 4.03. The summed E-state index contributed by atoms with van der Waals surface area (Å²) in [5.41, 5.74) is 1.86. The number of hydrogen-bond donors (Lipinski definition) is 2. The highest BCUT2D eigenvalue weighted by molar-refractivity contribution is 5.86. The molecule has 1 aliphatic heterocycles. The summed E-state index contributed by atoms with van der Waals surface area (Å²) < 4.78 is 4.94. The van der Waals surface area contributed by atoms with Crippen LogP contribution < -0.4 is 0 Å². The first-order valence-electron chi connectivity index (χ1n) is 5.58. The van der Waals surface area contributed by atoms with Gasteiger partial charge in [0, 0.05) is 18.7 Å². The first-order valence-corrected chi connectivity index (χ1v) is 5.58. The van der Waals surface area contributed by atoms with E-state index in [4.69, 9.17) is 9.84 Å². The minimum absolute atomic E-state index is 0.154. The van der Waals surface area contributed by atoms with Crippen molar-refractivity contribution in [1.82, 2.24) is 9.88 Å². The predicted molar refractivity (Wildman–Crippen MR) is 63.4 cm³/mol. The summed E-state index contributed by atoms with van der Waals surface area (Å²) in [4.78, 5) is 26.9. The number of aromatic amines is 1. The number of nitrogens with one attached hydrogen (secondary N) is 1. The van der Waals surface area contributed by atoms with Crippen molar-refractivity contribution in [2.24, 2.45) is 0 Å². The number of fused-ring (bicyclic) bond motifs is 1. The summed E-state index contributed by atoms with van der Waals surface area (Å²) in [5, 5.41) is 8.88. The fraction of sp³-hybridized carbons (Fsp3) is 0.333. The Bertz CT molecular complexity index is 492. The molecule has 18 heavy (non-hydrogen) atoms. The highest BCUT2D eigenvalue weighted by Gasteiger charge is 2.24. The maximum Gasteiger partial charge on any atom is 0.410 e. The van der Waals surface area contributed by atoms with Crippen LogP contribution in [0.25, 0.3) is 0 Å². The summed E-state index contributed by atoms with van der Waals surface area (Å²) in [6.45, 7) is 4.53. The van der Waals surface area contributed by atoms with Crippen molar-refractivity contribution in [2.75, 3.05) is 13.2 Å². The molecule has 2 N–H and O–H groups in total. The van der Waals surface area contributed by atoms with Crippen LogP contribution in [0.1, 0.15) is 21.7 Å². The van der Waals surface area contributed by atoms with Gasteiger partial charge in [-0.3, -0.25) is 0 Å². The van der Waals surface area contributed by atoms with Gasteiger partial charge in [0.25, 0.3) is 0 Å². The van der Waals surface area contributed by atoms with Crippen molar-refractivity contribution in [3.05, 3.63) is 35.7 Å². The van der Waals surface area contributed by atoms with Gasteiger partial charge in [-0.05, 0) is 11.6 Å². The molecule has 2 heterocycles. The predicted octanol–water partition coefficient (Wildman–Crippen LogP) is 1.39. The molecule has 0 saturated carbocycles. The summed E-state index contributed by atoms with van der Waals surface area (Å²) in [6.07, 6.45) is 1.70. The molecule has 0 unspecified atom stereocenters. The molecule has 1 aromatic heterocycles. The fourth-order valence-corrected chi connectivity index (χ4v) is 1.93. The number of hydrogen-bond acceptors (Lipinski definition) is 3. The quantitative estimate of drug-likeness (QED) is 0.794.